The number of hydrogen-bond acceptors (Lipinski definition) is 5. The number of hydrogen-bond donors (Lipinski definition) is 0. The molecule has 26 heavy (non-hydrogen) atoms. The molecule has 0 aliphatic heterocycles. The molecule has 1 atom stereocenters. The van der Waals surface area contributed by atoms with Crippen molar-refractivity contribution >= 4 is 23.2 Å². The van der Waals surface area contributed by atoms with Gasteiger partial charge < -0.3 is 9.64 Å². The number of esters is 1. The number of benzene rings is 2. The minimum atomic E-state index is -0.999. The van der Waals surface area contributed by atoms with Crippen LogP contribution in [0.3, 0.4) is 0 Å². The molecular weight excluding hydrogens is 348 g/mol. The first kappa shape index (κ1) is 17.8. The lowest BCUT2D eigenvalue weighted by molar-refractivity contribution is -0.138. The van der Waals surface area contributed by atoms with E-state index in [0.717, 1.165) is 10.6 Å². The number of carbonyl (C=O) groups excluding carboxylic acids is 2. The molecule has 1 heterocycles. The summed E-state index contributed by atoms with van der Waals surface area (Å²) in [5, 5.41) is 2.38. The molecule has 0 saturated heterocycles. The summed E-state index contributed by atoms with van der Waals surface area (Å²) in [5.41, 5.74) is 1.75. The van der Waals surface area contributed by atoms with E-state index in [-0.39, 0.29) is 11.6 Å². The van der Waals surface area contributed by atoms with Crippen LogP contribution in [-0.4, -0.2) is 35.9 Å². The topological polar surface area (TPSA) is 59.5 Å². The van der Waals surface area contributed by atoms with Crippen LogP contribution in [0.5, 0.6) is 0 Å². The molecule has 3 rings (SSSR count). The molecule has 6 heteroatoms. The zero-order valence-electron chi connectivity index (χ0n) is 14.5. The van der Waals surface area contributed by atoms with Gasteiger partial charge in [-0.1, -0.05) is 60.7 Å². The predicted octanol–water partition coefficient (Wildman–Crippen LogP) is 3.80. The molecule has 0 bridgehead atoms. The van der Waals surface area contributed by atoms with Crippen molar-refractivity contribution in [2.45, 2.75) is 6.10 Å². The van der Waals surface area contributed by atoms with Gasteiger partial charge in [-0.2, -0.15) is 0 Å². The number of carbonyl (C=O) groups is 2. The lowest BCUT2D eigenvalue weighted by Crippen LogP contribution is -2.31. The fourth-order valence-electron chi connectivity index (χ4n) is 2.37. The third kappa shape index (κ3) is 3.97. The van der Waals surface area contributed by atoms with Crippen LogP contribution in [0.15, 0.2) is 66.0 Å². The summed E-state index contributed by atoms with van der Waals surface area (Å²) in [6, 6.07) is 18.6. The van der Waals surface area contributed by atoms with E-state index in [1.54, 1.807) is 43.7 Å². The third-order valence-corrected chi connectivity index (χ3v) is 4.62. The van der Waals surface area contributed by atoms with Gasteiger partial charge in [-0.15, -0.1) is 11.3 Å². The van der Waals surface area contributed by atoms with E-state index in [9.17, 15) is 9.59 Å². The second kappa shape index (κ2) is 7.93. The second-order valence-corrected chi connectivity index (χ2v) is 6.69. The molecule has 0 aliphatic rings. The van der Waals surface area contributed by atoms with Crippen LogP contribution >= 0.6 is 11.3 Å². The normalized spacial score (nSPS) is 11.6. The van der Waals surface area contributed by atoms with Crippen LogP contribution in [0.4, 0.5) is 0 Å². The Morgan fingerprint density at radius 3 is 2.23 bits per heavy atom. The third-order valence-electron chi connectivity index (χ3n) is 3.73. The molecule has 1 amide bonds. The van der Waals surface area contributed by atoms with Gasteiger partial charge in [-0.3, -0.25) is 4.79 Å². The molecule has 2 aromatic carbocycles. The zero-order valence-corrected chi connectivity index (χ0v) is 15.3. The van der Waals surface area contributed by atoms with Crippen LogP contribution in [0, 0.1) is 0 Å². The zero-order chi connectivity index (χ0) is 18.5. The molecule has 0 unspecified atom stereocenters. The minimum absolute atomic E-state index is 0.196. The molecule has 5 nitrogen and oxygen atoms in total. The van der Waals surface area contributed by atoms with E-state index in [1.807, 2.05) is 36.4 Å². The first-order valence-corrected chi connectivity index (χ1v) is 8.92. The summed E-state index contributed by atoms with van der Waals surface area (Å²) in [7, 11) is 3.25. The van der Waals surface area contributed by atoms with E-state index in [0.29, 0.717) is 5.56 Å². The highest BCUT2D eigenvalue weighted by Crippen LogP contribution is 2.26. The predicted molar refractivity (Wildman–Crippen MR) is 101 cm³/mol. The molecule has 0 N–H and O–H groups in total. The monoisotopic (exact) mass is 366 g/mol. The smallest absolute Gasteiger partial charge is 0.358 e. The maximum Gasteiger partial charge on any atom is 0.358 e. The maximum atomic E-state index is 12.6. The van der Waals surface area contributed by atoms with E-state index < -0.39 is 12.1 Å². The van der Waals surface area contributed by atoms with Gasteiger partial charge in [0.2, 0.25) is 6.10 Å². The van der Waals surface area contributed by atoms with Gasteiger partial charge in [0.05, 0.1) is 0 Å². The number of nitrogens with zero attached hydrogens (tertiary/aromatic N) is 2. The highest BCUT2D eigenvalue weighted by atomic mass is 32.1. The lowest BCUT2D eigenvalue weighted by atomic mass is 10.1. The quantitative estimate of drug-likeness (QED) is 0.645. The Kier molecular flexibility index (Phi) is 5.43. The van der Waals surface area contributed by atoms with Crippen molar-refractivity contribution in [3.8, 4) is 10.6 Å². The van der Waals surface area contributed by atoms with E-state index in [2.05, 4.69) is 4.98 Å². The van der Waals surface area contributed by atoms with Gasteiger partial charge in [0.1, 0.15) is 5.01 Å². The highest BCUT2D eigenvalue weighted by Gasteiger charge is 2.28. The Bertz CT molecular complexity index is 892. The fraction of sp³-hybridized carbons (Fsp3) is 0.150. The Morgan fingerprint density at radius 2 is 1.62 bits per heavy atom. The molecule has 0 spiro atoms. The van der Waals surface area contributed by atoms with Crippen molar-refractivity contribution in [2.24, 2.45) is 0 Å². The van der Waals surface area contributed by atoms with Crippen LogP contribution in [-0.2, 0) is 9.53 Å². The number of amides is 1. The molecule has 1 aromatic heterocycles. The molecule has 0 saturated carbocycles. The molecule has 0 aliphatic carbocycles. The Labute approximate surface area is 155 Å². The molecule has 0 radical (unpaired) electrons. The molecule has 132 valence electrons. The number of aromatic nitrogens is 1. The maximum absolute atomic E-state index is 12.6. The number of likely N-dealkylation sites (N-methyl/N-ethyl adjacent to an activating group) is 1. The van der Waals surface area contributed by atoms with Crippen molar-refractivity contribution in [1.29, 1.82) is 0 Å². The summed E-state index contributed by atoms with van der Waals surface area (Å²) in [6.07, 6.45) is -0.999. The van der Waals surface area contributed by atoms with Crippen LogP contribution < -0.4 is 0 Å². The number of rotatable bonds is 5. The highest BCUT2D eigenvalue weighted by molar-refractivity contribution is 7.13. The van der Waals surface area contributed by atoms with E-state index >= 15 is 0 Å². The van der Waals surface area contributed by atoms with Crippen LogP contribution in [0.25, 0.3) is 10.6 Å². The molecule has 3 aromatic rings. The first-order valence-electron chi connectivity index (χ1n) is 8.04. The van der Waals surface area contributed by atoms with Gasteiger partial charge in [0.15, 0.2) is 5.69 Å². The van der Waals surface area contributed by atoms with Gasteiger partial charge in [0, 0.05) is 30.6 Å². The molecular formula is C20H18N2O3S. The fourth-order valence-corrected chi connectivity index (χ4v) is 3.17. The van der Waals surface area contributed by atoms with Crippen molar-refractivity contribution < 1.29 is 14.3 Å². The van der Waals surface area contributed by atoms with Gasteiger partial charge in [-0.25, -0.2) is 9.78 Å². The largest absolute Gasteiger partial charge is 0.443 e. The summed E-state index contributed by atoms with van der Waals surface area (Å²) in [4.78, 5) is 30.8. The van der Waals surface area contributed by atoms with E-state index in [1.165, 1.54) is 16.2 Å². The SMILES string of the molecule is CN(C)C(=O)[C@H](OC(=O)c1csc(-c2ccccc2)n1)c1ccccc1. The van der Waals surface area contributed by atoms with Crippen LogP contribution in [0.1, 0.15) is 22.2 Å². The van der Waals surface area contributed by atoms with Crippen LogP contribution in [0.2, 0.25) is 0 Å². The average molecular weight is 366 g/mol. The second-order valence-electron chi connectivity index (χ2n) is 5.83. The lowest BCUT2D eigenvalue weighted by Gasteiger charge is -2.20. The van der Waals surface area contributed by atoms with Gasteiger partial charge in [-0.05, 0) is 0 Å². The van der Waals surface area contributed by atoms with Crippen molar-refractivity contribution in [2.75, 3.05) is 14.1 Å². The number of ether oxygens (including phenoxy) is 1. The molecule has 0 fully saturated rings. The summed E-state index contributed by atoms with van der Waals surface area (Å²) in [5.74, 6) is -0.921. The van der Waals surface area contributed by atoms with Gasteiger partial charge >= 0.3 is 5.97 Å². The van der Waals surface area contributed by atoms with Crippen molar-refractivity contribution in [3.63, 3.8) is 0 Å². The van der Waals surface area contributed by atoms with Gasteiger partial charge in [0.25, 0.3) is 5.91 Å². The van der Waals surface area contributed by atoms with Crippen molar-refractivity contribution in [1.82, 2.24) is 9.88 Å². The minimum Gasteiger partial charge on any atom is -0.443 e. The number of thiazole rings is 1. The first-order chi connectivity index (χ1) is 12.6. The standard InChI is InChI=1S/C20H18N2O3S/c1-22(2)19(23)17(14-9-5-3-6-10-14)25-20(24)16-13-26-18(21-16)15-11-7-4-8-12-15/h3-13,17H,1-2H3/t17-/m1/s1. The summed E-state index contributed by atoms with van der Waals surface area (Å²) in [6.45, 7) is 0. The Balaban J connectivity index is 1.82. The summed E-state index contributed by atoms with van der Waals surface area (Å²) < 4.78 is 5.51. The summed E-state index contributed by atoms with van der Waals surface area (Å²) >= 11 is 1.36. The average Bonchev–Trinajstić information content (AvgIpc) is 3.17. The Hall–Kier alpha value is -2.99. The van der Waals surface area contributed by atoms with E-state index in [4.69, 9.17) is 4.74 Å². The van der Waals surface area contributed by atoms with Crippen molar-refractivity contribution in [3.05, 3.63) is 77.3 Å². The Morgan fingerprint density at radius 1 is 1.00 bits per heavy atom.